The number of hydrogen-bond acceptors (Lipinski definition) is 5. The number of rotatable bonds is 8. The molecule has 3 aromatic rings. The van der Waals surface area contributed by atoms with Crippen molar-refractivity contribution in [1.82, 2.24) is 5.43 Å². The van der Waals surface area contributed by atoms with Crippen molar-refractivity contribution in [2.75, 3.05) is 6.61 Å². The number of thiophene rings is 1. The highest BCUT2D eigenvalue weighted by molar-refractivity contribution is 14.1. The van der Waals surface area contributed by atoms with Gasteiger partial charge in [-0.15, -0.1) is 11.3 Å². The van der Waals surface area contributed by atoms with Gasteiger partial charge in [0.15, 0.2) is 11.5 Å². The highest BCUT2D eigenvalue weighted by Crippen LogP contribution is 2.35. The molecule has 1 heterocycles. The third-order valence-corrected chi connectivity index (χ3v) is 5.82. The molecule has 1 amide bonds. The SMILES string of the molecule is CCOc1cc(/C=N\NC(=O)c2cccs2)cc(I)c1OCc1ccccc1Cl. The summed E-state index contributed by atoms with van der Waals surface area (Å²) in [5.74, 6) is 1.01. The van der Waals surface area contributed by atoms with E-state index < -0.39 is 0 Å². The number of halogens is 2. The molecule has 0 saturated carbocycles. The first kappa shape index (κ1) is 21.6. The van der Waals surface area contributed by atoms with Gasteiger partial charge in [0.2, 0.25) is 0 Å². The van der Waals surface area contributed by atoms with Crippen LogP contribution in [0.3, 0.4) is 0 Å². The third-order valence-electron chi connectivity index (χ3n) is 3.79. The summed E-state index contributed by atoms with van der Waals surface area (Å²) >= 11 is 9.77. The van der Waals surface area contributed by atoms with Crippen LogP contribution in [0.15, 0.2) is 59.0 Å². The van der Waals surface area contributed by atoms with E-state index >= 15 is 0 Å². The number of amides is 1. The molecule has 1 N–H and O–H groups in total. The second-order valence-electron chi connectivity index (χ2n) is 5.82. The molecule has 0 bridgehead atoms. The molecule has 150 valence electrons. The average Bonchev–Trinajstić information content (AvgIpc) is 3.24. The van der Waals surface area contributed by atoms with E-state index in [2.05, 4.69) is 33.1 Å². The van der Waals surface area contributed by atoms with Crippen LogP contribution in [0, 0.1) is 3.57 Å². The molecule has 0 fully saturated rings. The fraction of sp³-hybridized carbons (Fsp3) is 0.143. The minimum atomic E-state index is -0.240. The summed E-state index contributed by atoms with van der Waals surface area (Å²) in [6.45, 7) is 2.74. The summed E-state index contributed by atoms with van der Waals surface area (Å²) in [6.07, 6.45) is 1.58. The lowest BCUT2D eigenvalue weighted by atomic mass is 10.2. The number of nitrogens with zero attached hydrogens (tertiary/aromatic N) is 1. The Bertz CT molecular complexity index is 1010. The third kappa shape index (κ3) is 5.94. The zero-order valence-corrected chi connectivity index (χ0v) is 19.3. The van der Waals surface area contributed by atoms with E-state index in [1.54, 1.807) is 12.3 Å². The number of nitrogens with one attached hydrogen (secondary N) is 1. The summed E-state index contributed by atoms with van der Waals surface area (Å²) in [5.41, 5.74) is 4.21. The predicted molar refractivity (Wildman–Crippen MR) is 125 cm³/mol. The van der Waals surface area contributed by atoms with Gasteiger partial charge in [0.1, 0.15) is 6.61 Å². The van der Waals surface area contributed by atoms with Crippen molar-refractivity contribution in [3.05, 3.63) is 78.5 Å². The molecule has 0 atom stereocenters. The van der Waals surface area contributed by atoms with Crippen molar-refractivity contribution in [2.24, 2.45) is 5.10 Å². The number of hydrogen-bond donors (Lipinski definition) is 1. The van der Waals surface area contributed by atoms with E-state index in [0.717, 1.165) is 14.7 Å². The molecule has 0 unspecified atom stereocenters. The Hall–Kier alpha value is -2.10. The lowest BCUT2D eigenvalue weighted by Crippen LogP contribution is -2.16. The van der Waals surface area contributed by atoms with Gasteiger partial charge in [0.05, 0.1) is 21.3 Å². The van der Waals surface area contributed by atoms with E-state index in [1.165, 1.54) is 11.3 Å². The molecule has 0 aliphatic carbocycles. The van der Waals surface area contributed by atoms with Gasteiger partial charge in [-0.1, -0.05) is 35.9 Å². The summed E-state index contributed by atoms with van der Waals surface area (Å²) in [6, 6.07) is 14.9. The van der Waals surface area contributed by atoms with Crippen LogP contribution in [0.1, 0.15) is 27.7 Å². The largest absolute Gasteiger partial charge is 0.490 e. The van der Waals surface area contributed by atoms with Crippen LogP contribution in [-0.2, 0) is 6.61 Å². The number of hydrazone groups is 1. The van der Waals surface area contributed by atoms with Crippen molar-refractivity contribution >= 4 is 57.7 Å². The van der Waals surface area contributed by atoms with E-state index in [0.29, 0.717) is 34.6 Å². The molecule has 8 heteroatoms. The number of carbonyl (C=O) groups excluding carboxylic acids is 1. The molecular weight excluding hydrogens is 523 g/mol. The van der Waals surface area contributed by atoms with Gasteiger partial charge in [-0.2, -0.15) is 5.10 Å². The monoisotopic (exact) mass is 540 g/mol. The Kier molecular flexibility index (Phi) is 7.91. The lowest BCUT2D eigenvalue weighted by molar-refractivity contribution is 0.0959. The van der Waals surface area contributed by atoms with Crippen LogP contribution in [0.25, 0.3) is 0 Å². The molecule has 5 nitrogen and oxygen atoms in total. The first-order chi connectivity index (χ1) is 14.1. The molecule has 0 aliphatic heterocycles. The van der Waals surface area contributed by atoms with E-state index in [4.69, 9.17) is 21.1 Å². The first-order valence-electron chi connectivity index (χ1n) is 8.78. The van der Waals surface area contributed by atoms with Crippen LogP contribution in [0.4, 0.5) is 0 Å². The summed E-state index contributed by atoms with van der Waals surface area (Å²) in [7, 11) is 0. The van der Waals surface area contributed by atoms with Gasteiger partial charge >= 0.3 is 0 Å². The van der Waals surface area contributed by atoms with Gasteiger partial charge in [-0.25, -0.2) is 5.43 Å². The number of ether oxygens (including phenoxy) is 2. The lowest BCUT2D eigenvalue weighted by Gasteiger charge is -2.15. The maximum atomic E-state index is 12.0. The molecule has 0 radical (unpaired) electrons. The highest BCUT2D eigenvalue weighted by Gasteiger charge is 2.13. The molecule has 0 saturated heterocycles. The van der Waals surface area contributed by atoms with Crippen LogP contribution in [0.2, 0.25) is 5.02 Å². The summed E-state index contributed by atoms with van der Waals surface area (Å²) in [5, 5.41) is 6.54. The molecule has 0 spiro atoms. The van der Waals surface area contributed by atoms with Crippen molar-refractivity contribution in [1.29, 1.82) is 0 Å². The van der Waals surface area contributed by atoms with Crippen molar-refractivity contribution in [3.8, 4) is 11.5 Å². The molecule has 0 aliphatic rings. The summed E-state index contributed by atoms with van der Waals surface area (Å²) < 4.78 is 12.6. The number of benzene rings is 2. The minimum Gasteiger partial charge on any atom is -0.490 e. The standard InChI is InChI=1S/C21H18ClIN2O3S/c1-2-27-18-11-14(12-24-25-21(26)19-8-5-9-29-19)10-17(23)20(18)28-13-15-6-3-4-7-16(15)22/h3-12H,2,13H2,1H3,(H,25,26)/b24-12-. The Labute approximate surface area is 191 Å². The molecular formula is C21H18ClIN2O3S. The Morgan fingerprint density at radius 2 is 2.07 bits per heavy atom. The number of carbonyl (C=O) groups is 1. The second kappa shape index (κ2) is 10.6. The van der Waals surface area contributed by atoms with Crippen molar-refractivity contribution < 1.29 is 14.3 Å². The first-order valence-corrected chi connectivity index (χ1v) is 11.1. The Morgan fingerprint density at radius 1 is 1.24 bits per heavy atom. The van der Waals surface area contributed by atoms with Crippen LogP contribution >= 0.6 is 45.5 Å². The Morgan fingerprint density at radius 3 is 2.79 bits per heavy atom. The fourth-order valence-corrected chi connectivity index (χ4v) is 4.04. The van der Waals surface area contributed by atoms with Gasteiger partial charge in [0, 0.05) is 10.6 Å². The maximum absolute atomic E-state index is 12.0. The Balaban J connectivity index is 1.74. The normalized spacial score (nSPS) is 10.9. The quantitative estimate of drug-likeness (QED) is 0.225. The van der Waals surface area contributed by atoms with Gasteiger partial charge in [-0.05, 0) is 64.7 Å². The zero-order chi connectivity index (χ0) is 20.6. The highest BCUT2D eigenvalue weighted by atomic mass is 127. The summed E-state index contributed by atoms with van der Waals surface area (Å²) in [4.78, 5) is 12.6. The van der Waals surface area contributed by atoms with Crippen LogP contribution < -0.4 is 14.9 Å². The van der Waals surface area contributed by atoms with Crippen LogP contribution in [-0.4, -0.2) is 18.7 Å². The van der Waals surface area contributed by atoms with Crippen molar-refractivity contribution in [3.63, 3.8) is 0 Å². The molecule has 2 aromatic carbocycles. The maximum Gasteiger partial charge on any atom is 0.281 e. The predicted octanol–water partition coefficient (Wildman–Crippen LogP) is 5.75. The topological polar surface area (TPSA) is 59.9 Å². The van der Waals surface area contributed by atoms with E-state index in [-0.39, 0.29) is 5.91 Å². The molecule has 1 aromatic heterocycles. The zero-order valence-electron chi connectivity index (χ0n) is 15.5. The molecule has 3 rings (SSSR count). The van der Waals surface area contributed by atoms with E-state index in [1.807, 2.05) is 54.8 Å². The van der Waals surface area contributed by atoms with Gasteiger partial charge in [-0.3, -0.25) is 4.79 Å². The minimum absolute atomic E-state index is 0.240. The smallest absolute Gasteiger partial charge is 0.281 e. The fourth-order valence-electron chi connectivity index (χ4n) is 2.46. The van der Waals surface area contributed by atoms with Gasteiger partial charge < -0.3 is 9.47 Å². The van der Waals surface area contributed by atoms with E-state index in [9.17, 15) is 4.79 Å². The van der Waals surface area contributed by atoms with Gasteiger partial charge in [0.25, 0.3) is 5.91 Å². The average molecular weight is 541 g/mol. The second-order valence-corrected chi connectivity index (χ2v) is 8.34. The van der Waals surface area contributed by atoms with Crippen LogP contribution in [0.5, 0.6) is 11.5 Å². The molecule has 29 heavy (non-hydrogen) atoms. The van der Waals surface area contributed by atoms with Crippen molar-refractivity contribution in [2.45, 2.75) is 13.5 Å².